The fourth-order valence-corrected chi connectivity index (χ4v) is 3.18. The zero-order valence-electron chi connectivity index (χ0n) is 15.3. The molecule has 3 aromatic rings. The van der Waals surface area contributed by atoms with Crippen molar-refractivity contribution in [3.63, 3.8) is 0 Å². The molecule has 1 N–H and O–H groups in total. The Bertz CT molecular complexity index is 999. The summed E-state index contributed by atoms with van der Waals surface area (Å²) >= 11 is 0. The van der Waals surface area contributed by atoms with E-state index < -0.39 is 0 Å². The SMILES string of the molecule is COc1ccc2cc([C@@H](C)C(=O)NCc3ccc4c(c3)OCO4)ccc2c1. The Hall–Kier alpha value is -3.21. The van der Waals surface area contributed by atoms with Crippen molar-refractivity contribution in [2.75, 3.05) is 13.9 Å². The summed E-state index contributed by atoms with van der Waals surface area (Å²) < 4.78 is 15.9. The third-order valence-electron chi connectivity index (χ3n) is 4.87. The first kappa shape index (κ1) is 17.2. The Morgan fingerprint density at radius 1 is 1.04 bits per heavy atom. The van der Waals surface area contributed by atoms with Gasteiger partial charge >= 0.3 is 0 Å². The molecular formula is C22H21NO4. The van der Waals surface area contributed by atoms with Crippen LogP contribution in [-0.2, 0) is 11.3 Å². The summed E-state index contributed by atoms with van der Waals surface area (Å²) in [5.74, 6) is 2.03. The summed E-state index contributed by atoms with van der Waals surface area (Å²) in [5, 5.41) is 5.18. The van der Waals surface area contributed by atoms with Crippen LogP contribution in [0.15, 0.2) is 54.6 Å². The summed E-state index contributed by atoms with van der Waals surface area (Å²) in [7, 11) is 1.65. The second-order valence-electron chi connectivity index (χ2n) is 6.60. The summed E-state index contributed by atoms with van der Waals surface area (Å²) in [5.41, 5.74) is 1.96. The summed E-state index contributed by atoms with van der Waals surface area (Å²) in [6, 6.07) is 17.7. The Morgan fingerprint density at radius 2 is 1.81 bits per heavy atom. The van der Waals surface area contributed by atoms with Crippen molar-refractivity contribution in [2.45, 2.75) is 19.4 Å². The minimum Gasteiger partial charge on any atom is -0.497 e. The highest BCUT2D eigenvalue weighted by Gasteiger charge is 2.17. The van der Waals surface area contributed by atoms with E-state index in [2.05, 4.69) is 11.4 Å². The maximum absolute atomic E-state index is 12.6. The second kappa shape index (κ2) is 7.19. The van der Waals surface area contributed by atoms with Crippen LogP contribution in [0.5, 0.6) is 17.2 Å². The lowest BCUT2D eigenvalue weighted by molar-refractivity contribution is -0.122. The molecule has 1 aliphatic rings. The molecule has 0 radical (unpaired) electrons. The van der Waals surface area contributed by atoms with Gasteiger partial charge in [-0.1, -0.05) is 30.3 Å². The lowest BCUT2D eigenvalue weighted by Crippen LogP contribution is -2.27. The molecule has 1 aliphatic heterocycles. The molecule has 0 unspecified atom stereocenters. The minimum atomic E-state index is -0.245. The number of rotatable bonds is 5. The predicted octanol–water partition coefficient (Wildman–Crippen LogP) is 4.00. The predicted molar refractivity (Wildman–Crippen MR) is 103 cm³/mol. The van der Waals surface area contributed by atoms with Crippen LogP contribution in [0.4, 0.5) is 0 Å². The van der Waals surface area contributed by atoms with Gasteiger partial charge in [0.25, 0.3) is 0 Å². The lowest BCUT2D eigenvalue weighted by Gasteiger charge is -2.14. The Balaban J connectivity index is 1.44. The Kier molecular flexibility index (Phi) is 4.59. The zero-order chi connectivity index (χ0) is 18.8. The van der Waals surface area contributed by atoms with Crippen molar-refractivity contribution in [3.05, 3.63) is 65.7 Å². The molecule has 0 fully saturated rings. The number of ether oxygens (including phenoxy) is 3. The molecule has 1 atom stereocenters. The molecule has 4 rings (SSSR count). The van der Waals surface area contributed by atoms with E-state index in [4.69, 9.17) is 14.2 Å². The number of methoxy groups -OCH3 is 1. The van der Waals surface area contributed by atoms with Crippen LogP contribution in [0.2, 0.25) is 0 Å². The normalized spacial score (nSPS) is 13.4. The molecule has 5 nitrogen and oxygen atoms in total. The van der Waals surface area contributed by atoms with E-state index in [1.54, 1.807) is 7.11 Å². The van der Waals surface area contributed by atoms with Crippen molar-refractivity contribution < 1.29 is 19.0 Å². The molecule has 0 saturated heterocycles. The Morgan fingerprint density at radius 3 is 2.67 bits per heavy atom. The van der Waals surface area contributed by atoms with Crippen LogP contribution >= 0.6 is 0 Å². The highest BCUT2D eigenvalue weighted by atomic mass is 16.7. The van der Waals surface area contributed by atoms with Crippen molar-refractivity contribution in [1.82, 2.24) is 5.32 Å². The number of hydrogen-bond acceptors (Lipinski definition) is 4. The standard InChI is InChI=1S/C22H21NO4/c1-14(16-4-5-18-11-19(25-2)7-6-17(18)10-16)22(24)23-12-15-3-8-20-21(9-15)27-13-26-20/h3-11,14H,12-13H2,1-2H3,(H,23,24)/t14-/m1/s1. The fraction of sp³-hybridized carbons (Fsp3) is 0.227. The van der Waals surface area contributed by atoms with Gasteiger partial charge in [-0.25, -0.2) is 0 Å². The molecule has 3 aromatic carbocycles. The van der Waals surface area contributed by atoms with Crippen molar-refractivity contribution in [3.8, 4) is 17.2 Å². The van der Waals surface area contributed by atoms with Crippen LogP contribution in [0.25, 0.3) is 10.8 Å². The van der Waals surface area contributed by atoms with E-state index in [0.717, 1.165) is 39.1 Å². The first-order valence-electron chi connectivity index (χ1n) is 8.88. The maximum atomic E-state index is 12.6. The number of nitrogens with one attached hydrogen (secondary N) is 1. The quantitative estimate of drug-likeness (QED) is 0.744. The monoisotopic (exact) mass is 363 g/mol. The van der Waals surface area contributed by atoms with Gasteiger partial charge in [-0.3, -0.25) is 4.79 Å². The molecular weight excluding hydrogens is 342 g/mol. The highest BCUT2D eigenvalue weighted by Crippen LogP contribution is 2.32. The molecule has 1 amide bonds. The van der Waals surface area contributed by atoms with Crippen molar-refractivity contribution in [2.24, 2.45) is 0 Å². The number of carbonyl (C=O) groups excluding carboxylic acids is 1. The van der Waals surface area contributed by atoms with Crippen LogP contribution in [0, 0.1) is 0 Å². The van der Waals surface area contributed by atoms with Crippen LogP contribution in [-0.4, -0.2) is 19.8 Å². The molecule has 5 heteroatoms. The topological polar surface area (TPSA) is 56.8 Å². The first-order valence-corrected chi connectivity index (χ1v) is 8.88. The average Bonchev–Trinajstić information content (AvgIpc) is 3.18. The van der Waals surface area contributed by atoms with E-state index in [1.807, 2.05) is 55.5 Å². The summed E-state index contributed by atoms with van der Waals surface area (Å²) in [6.45, 7) is 2.61. The molecule has 0 aromatic heterocycles. The Labute approximate surface area is 157 Å². The number of carbonyl (C=O) groups is 1. The van der Waals surface area contributed by atoms with Crippen LogP contribution < -0.4 is 19.5 Å². The average molecular weight is 363 g/mol. The van der Waals surface area contributed by atoms with E-state index >= 15 is 0 Å². The minimum absolute atomic E-state index is 0.0134. The zero-order valence-corrected chi connectivity index (χ0v) is 15.3. The number of fused-ring (bicyclic) bond motifs is 2. The largest absolute Gasteiger partial charge is 0.497 e. The van der Waals surface area contributed by atoms with E-state index in [-0.39, 0.29) is 18.6 Å². The molecule has 0 aliphatic carbocycles. The first-order chi connectivity index (χ1) is 13.1. The van der Waals surface area contributed by atoms with E-state index in [9.17, 15) is 4.79 Å². The van der Waals surface area contributed by atoms with Gasteiger partial charge in [0.15, 0.2) is 11.5 Å². The van der Waals surface area contributed by atoms with Gasteiger partial charge in [0, 0.05) is 6.54 Å². The van der Waals surface area contributed by atoms with Gasteiger partial charge in [0.1, 0.15) is 5.75 Å². The molecule has 0 saturated carbocycles. The third-order valence-corrected chi connectivity index (χ3v) is 4.87. The van der Waals surface area contributed by atoms with Gasteiger partial charge in [0.05, 0.1) is 13.0 Å². The van der Waals surface area contributed by atoms with Crippen molar-refractivity contribution in [1.29, 1.82) is 0 Å². The van der Waals surface area contributed by atoms with Gasteiger partial charge < -0.3 is 19.5 Å². The van der Waals surface area contributed by atoms with E-state index in [1.165, 1.54) is 0 Å². The molecule has 0 spiro atoms. The number of amides is 1. The van der Waals surface area contributed by atoms with Crippen molar-refractivity contribution >= 4 is 16.7 Å². The molecule has 27 heavy (non-hydrogen) atoms. The van der Waals surface area contributed by atoms with Gasteiger partial charge in [0.2, 0.25) is 12.7 Å². The van der Waals surface area contributed by atoms with E-state index in [0.29, 0.717) is 6.54 Å². The second-order valence-corrected chi connectivity index (χ2v) is 6.60. The maximum Gasteiger partial charge on any atom is 0.231 e. The lowest BCUT2D eigenvalue weighted by atomic mass is 9.97. The number of hydrogen-bond donors (Lipinski definition) is 1. The van der Waals surface area contributed by atoms with Gasteiger partial charge in [-0.2, -0.15) is 0 Å². The van der Waals surface area contributed by atoms with Gasteiger partial charge in [-0.05, 0) is 53.1 Å². The highest BCUT2D eigenvalue weighted by molar-refractivity contribution is 5.88. The van der Waals surface area contributed by atoms with Crippen LogP contribution in [0.3, 0.4) is 0 Å². The molecule has 138 valence electrons. The van der Waals surface area contributed by atoms with Gasteiger partial charge in [-0.15, -0.1) is 0 Å². The third kappa shape index (κ3) is 3.53. The fourth-order valence-electron chi connectivity index (χ4n) is 3.18. The number of benzene rings is 3. The summed E-state index contributed by atoms with van der Waals surface area (Å²) in [6.07, 6.45) is 0. The smallest absolute Gasteiger partial charge is 0.231 e. The molecule has 0 bridgehead atoms. The summed E-state index contributed by atoms with van der Waals surface area (Å²) in [4.78, 5) is 12.6. The van der Waals surface area contributed by atoms with Crippen LogP contribution in [0.1, 0.15) is 24.0 Å². The molecule has 1 heterocycles.